The highest BCUT2D eigenvalue weighted by Gasteiger charge is 2.29. The van der Waals surface area contributed by atoms with Crippen molar-refractivity contribution in [1.29, 1.82) is 0 Å². The third-order valence-corrected chi connectivity index (χ3v) is 3.98. The summed E-state index contributed by atoms with van der Waals surface area (Å²) in [5.74, 6) is -0.708. The van der Waals surface area contributed by atoms with Crippen molar-refractivity contribution >= 4 is 11.8 Å². The van der Waals surface area contributed by atoms with Crippen LogP contribution in [-0.2, 0) is 14.3 Å². The lowest BCUT2D eigenvalue weighted by Crippen LogP contribution is -2.51. The first-order valence-electron chi connectivity index (χ1n) is 8.31. The van der Waals surface area contributed by atoms with E-state index in [1.807, 2.05) is 32.9 Å². The summed E-state index contributed by atoms with van der Waals surface area (Å²) in [6.07, 6.45) is 6.83. The van der Waals surface area contributed by atoms with Crippen molar-refractivity contribution in [2.45, 2.75) is 45.8 Å². The number of carbonyl (C=O) groups excluding carboxylic acids is 2. The quantitative estimate of drug-likeness (QED) is 0.570. The highest BCUT2D eigenvalue weighted by molar-refractivity contribution is 5.88. The minimum absolute atomic E-state index is 0.00921. The second-order valence-electron chi connectivity index (χ2n) is 6.17. The van der Waals surface area contributed by atoms with Gasteiger partial charge in [-0.2, -0.15) is 0 Å². The molecule has 2 amide bonds. The molecule has 0 saturated heterocycles. The normalized spacial score (nSPS) is 14.9. The van der Waals surface area contributed by atoms with E-state index in [4.69, 9.17) is 4.74 Å². The number of carbonyl (C=O) groups is 2. The van der Waals surface area contributed by atoms with Gasteiger partial charge in [-0.15, -0.1) is 0 Å². The van der Waals surface area contributed by atoms with Crippen LogP contribution in [0.25, 0.3) is 0 Å². The number of nitrogens with one attached hydrogen (secondary N) is 2. The Kier molecular flexibility index (Phi) is 10.7. The molecule has 24 heavy (non-hydrogen) atoms. The smallest absolute Gasteiger partial charge is 0.242 e. The molecule has 0 aliphatic carbocycles. The molecule has 0 bridgehead atoms. The predicted molar refractivity (Wildman–Crippen MR) is 98.5 cm³/mol. The second kappa shape index (κ2) is 11.6. The van der Waals surface area contributed by atoms with E-state index in [1.54, 1.807) is 20.2 Å². The van der Waals surface area contributed by atoms with Gasteiger partial charge in [0.05, 0.1) is 12.0 Å². The molecule has 0 aromatic heterocycles. The van der Waals surface area contributed by atoms with Crippen LogP contribution >= 0.6 is 0 Å². The summed E-state index contributed by atoms with van der Waals surface area (Å²) in [4.78, 5) is 24.3. The van der Waals surface area contributed by atoms with Crippen LogP contribution in [-0.4, -0.2) is 38.1 Å². The maximum absolute atomic E-state index is 12.4. The van der Waals surface area contributed by atoms with Crippen molar-refractivity contribution in [2.24, 2.45) is 11.8 Å². The molecule has 0 fully saturated rings. The van der Waals surface area contributed by atoms with Crippen molar-refractivity contribution in [1.82, 2.24) is 10.6 Å². The van der Waals surface area contributed by atoms with Gasteiger partial charge in [-0.3, -0.25) is 9.59 Å². The molecule has 0 aromatic rings. The van der Waals surface area contributed by atoms with Gasteiger partial charge in [0.1, 0.15) is 6.04 Å². The van der Waals surface area contributed by atoms with E-state index in [-0.39, 0.29) is 29.8 Å². The van der Waals surface area contributed by atoms with Gasteiger partial charge in [0, 0.05) is 14.2 Å². The minimum atomic E-state index is -0.543. The van der Waals surface area contributed by atoms with Crippen LogP contribution in [0.1, 0.15) is 33.6 Å². The van der Waals surface area contributed by atoms with Crippen LogP contribution in [0.15, 0.2) is 37.0 Å². The summed E-state index contributed by atoms with van der Waals surface area (Å²) in [6.45, 7) is 13.1. The van der Waals surface area contributed by atoms with Crippen LogP contribution in [0.5, 0.6) is 0 Å². The van der Waals surface area contributed by atoms with Gasteiger partial charge in [-0.1, -0.05) is 52.2 Å². The lowest BCUT2D eigenvalue weighted by molar-refractivity contribution is -0.134. The fraction of sp³-hybridized carbons (Fsp3) is 0.579. The third-order valence-electron chi connectivity index (χ3n) is 3.98. The van der Waals surface area contributed by atoms with E-state index in [1.165, 1.54) is 0 Å². The number of allylic oxidation sites excluding steroid dienone is 4. The number of likely N-dealkylation sites (N-methyl/N-ethyl adjacent to an activating group) is 1. The Hall–Kier alpha value is -1.88. The first kappa shape index (κ1) is 22.1. The number of hydrogen-bond donors (Lipinski definition) is 2. The minimum Gasteiger partial charge on any atom is -0.381 e. The van der Waals surface area contributed by atoms with E-state index < -0.39 is 6.04 Å². The van der Waals surface area contributed by atoms with E-state index in [0.29, 0.717) is 6.42 Å². The van der Waals surface area contributed by atoms with Gasteiger partial charge in [-0.25, -0.2) is 0 Å². The maximum Gasteiger partial charge on any atom is 0.242 e. The van der Waals surface area contributed by atoms with E-state index >= 15 is 0 Å². The molecular formula is C19H32N2O3. The molecule has 3 unspecified atom stereocenters. The summed E-state index contributed by atoms with van der Waals surface area (Å²) in [7, 11) is 3.16. The molecule has 0 aliphatic rings. The molecule has 2 N–H and O–H groups in total. The molecule has 0 heterocycles. The largest absolute Gasteiger partial charge is 0.381 e. The number of ether oxygens (including phenoxy) is 1. The van der Waals surface area contributed by atoms with E-state index in [0.717, 1.165) is 12.0 Å². The number of amides is 2. The average molecular weight is 336 g/mol. The Labute approximate surface area is 146 Å². The Bertz CT molecular complexity index is 469. The van der Waals surface area contributed by atoms with Gasteiger partial charge in [0.15, 0.2) is 0 Å². The SMILES string of the molecule is C=CC(=C)C=CCCC(OC)C(C)C(=O)NC(C(=O)NC)C(C)C. The van der Waals surface area contributed by atoms with Gasteiger partial charge in [-0.05, 0) is 24.3 Å². The van der Waals surface area contributed by atoms with Crippen LogP contribution in [0.4, 0.5) is 0 Å². The Balaban J connectivity index is 4.70. The topological polar surface area (TPSA) is 67.4 Å². The molecule has 3 atom stereocenters. The zero-order valence-corrected chi connectivity index (χ0v) is 15.6. The fourth-order valence-electron chi connectivity index (χ4n) is 2.28. The molecule has 0 rings (SSSR count). The lowest BCUT2D eigenvalue weighted by Gasteiger charge is -2.26. The number of rotatable bonds is 11. The first-order chi connectivity index (χ1) is 11.3. The van der Waals surface area contributed by atoms with Gasteiger partial charge in [0.25, 0.3) is 0 Å². The van der Waals surface area contributed by atoms with Gasteiger partial charge >= 0.3 is 0 Å². The molecule has 0 aromatic carbocycles. The maximum atomic E-state index is 12.4. The monoisotopic (exact) mass is 336 g/mol. The summed E-state index contributed by atoms with van der Waals surface area (Å²) < 4.78 is 5.46. The first-order valence-corrected chi connectivity index (χ1v) is 8.31. The van der Waals surface area contributed by atoms with Crippen molar-refractivity contribution in [3.63, 3.8) is 0 Å². The predicted octanol–water partition coefficient (Wildman–Crippen LogP) is 2.60. The zero-order chi connectivity index (χ0) is 18.7. The average Bonchev–Trinajstić information content (AvgIpc) is 2.57. The molecular weight excluding hydrogens is 304 g/mol. The number of hydrogen-bond acceptors (Lipinski definition) is 3. The van der Waals surface area contributed by atoms with Gasteiger partial charge in [0.2, 0.25) is 11.8 Å². The van der Waals surface area contributed by atoms with E-state index in [9.17, 15) is 9.59 Å². The van der Waals surface area contributed by atoms with Crippen molar-refractivity contribution in [2.75, 3.05) is 14.2 Å². The molecule has 0 radical (unpaired) electrons. The summed E-state index contributed by atoms with van der Waals surface area (Å²) in [5.41, 5.74) is 0.847. The fourth-order valence-corrected chi connectivity index (χ4v) is 2.28. The Morgan fingerprint density at radius 2 is 1.83 bits per heavy atom. The summed E-state index contributed by atoms with van der Waals surface area (Å²) >= 11 is 0. The molecule has 136 valence electrons. The molecule has 0 saturated carbocycles. The molecule has 0 aliphatic heterocycles. The highest BCUT2D eigenvalue weighted by atomic mass is 16.5. The Morgan fingerprint density at radius 3 is 2.29 bits per heavy atom. The molecule has 5 nitrogen and oxygen atoms in total. The standard InChI is InChI=1S/C19H32N2O3/c1-8-14(4)11-9-10-12-16(24-7)15(5)18(22)21-17(13(2)3)19(23)20-6/h8-9,11,13,15-17H,1,4,10,12H2,2-3,5-7H3,(H,20,23)(H,21,22). The Morgan fingerprint density at radius 1 is 1.21 bits per heavy atom. The van der Waals surface area contributed by atoms with Gasteiger partial charge < -0.3 is 15.4 Å². The zero-order valence-electron chi connectivity index (χ0n) is 15.6. The number of methoxy groups -OCH3 is 1. The molecule has 0 spiro atoms. The van der Waals surface area contributed by atoms with Crippen LogP contribution in [0.3, 0.4) is 0 Å². The van der Waals surface area contributed by atoms with Crippen molar-refractivity contribution in [3.8, 4) is 0 Å². The van der Waals surface area contributed by atoms with Crippen molar-refractivity contribution in [3.05, 3.63) is 37.0 Å². The second-order valence-corrected chi connectivity index (χ2v) is 6.17. The third kappa shape index (κ3) is 7.59. The van der Waals surface area contributed by atoms with Crippen LogP contribution < -0.4 is 10.6 Å². The summed E-state index contributed by atoms with van der Waals surface area (Å²) in [5, 5.41) is 5.40. The van der Waals surface area contributed by atoms with Crippen molar-refractivity contribution < 1.29 is 14.3 Å². The van der Waals surface area contributed by atoms with Crippen LogP contribution in [0, 0.1) is 11.8 Å². The van der Waals surface area contributed by atoms with Crippen LogP contribution in [0.2, 0.25) is 0 Å². The van der Waals surface area contributed by atoms with E-state index in [2.05, 4.69) is 23.8 Å². The lowest BCUT2D eigenvalue weighted by atomic mass is 9.97. The molecule has 5 heteroatoms. The summed E-state index contributed by atoms with van der Waals surface area (Å²) in [6, 6.07) is -0.543. The highest BCUT2D eigenvalue weighted by Crippen LogP contribution is 2.15.